The number of methoxy groups -OCH3 is 2. The normalized spacial score (nSPS) is 12.0. The summed E-state index contributed by atoms with van der Waals surface area (Å²) in [6, 6.07) is 13.5. The van der Waals surface area contributed by atoms with Crippen molar-refractivity contribution in [2.75, 3.05) is 40.5 Å². The van der Waals surface area contributed by atoms with E-state index in [1.54, 1.807) is 14.2 Å². The number of hydrogen-bond acceptors (Lipinski definition) is 5. The lowest BCUT2D eigenvalue weighted by Crippen LogP contribution is -2.39. The fourth-order valence-electron chi connectivity index (χ4n) is 2.96. The predicted octanol–water partition coefficient (Wildman–Crippen LogP) is 3.83. The summed E-state index contributed by atoms with van der Waals surface area (Å²) in [5.41, 5.74) is 2.97. The summed E-state index contributed by atoms with van der Waals surface area (Å²) in [7, 11) is 3.31. The van der Waals surface area contributed by atoms with Gasteiger partial charge >= 0.3 is 0 Å². The van der Waals surface area contributed by atoms with Crippen molar-refractivity contribution in [3.8, 4) is 11.5 Å². The molecule has 0 spiro atoms. The molecule has 2 aromatic rings. The van der Waals surface area contributed by atoms with Crippen molar-refractivity contribution in [1.29, 1.82) is 0 Å². The number of benzene rings is 2. The lowest BCUT2D eigenvalue weighted by Gasteiger charge is -2.16. The largest absolute Gasteiger partial charge is 0.497 e. The van der Waals surface area contributed by atoms with Gasteiger partial charge in [0.25, 0.3) is 0 Å². The molecule has 0 aliphatic heterocycles. The Bertz CT molecular complexity index is 815. The second-order valence-electron chi connectivity index (χ2n) is 7.17. The molecule has 0 aliphatic carbocycles. The molecule has 1 atom stereocenters. The summed E-state index contributed by atoms with van der Waals surface area (Å²) in [6.45, 7) is 6.85. The molecular formula is C24H36IN3O4. The first-order valence-corrected chi connectivity index (χ1v) is 10.6. The molecule has 0 saturated carbocycles. The zero-order valence-electron chi connectivity index (χ0n) is 19.4. The number of hydrogen-bond donors (Lipinski definition) is 3. The Hall–Kier alpha value is -2.04. The van der Waals surface area contributed by atoms with Crippen molar-refractivity contribution in [2.24, 2.45) is 4.99 Å². The monoisotopic (exact) mass is 557 g/mol. The van der Waals surface area contributed by atoms with Gasteiger partial charge in [-0.05, 0) is 43.2 Å². The van der Waals surface area contributed by atoms with Crippen LogP contribution in [0.4, 0.5) is 0 Å². The van der Waals surface area contributed by atoms with Crippen molar-refractivity contribution in [2.45, 2.75) is 32.9 Å². The molecule has 7 nitrogen and oxygen atoms in total. The van der Waals surface area contributed by atoms with Gasteiger partial charge in [-0.1, -0.05) is 24.3 Å². The highest BCUT2D eigenvalue weighted by atomic mass is 127. The molecule has 32 heavy (non-hydrogen) atoms. The number of aliphatic hydroxyl groups excluding tert-OH is 1. The number of rotatable bonds is 12. The molecule has 0 bridgehead atoms. The van der Waals surface area contributed by atoms with E-state index in [1.165, 1.54) is 0 Å². The van der Waals surface area contributed by atoms with E-state index in [-0.39, 0.29) is 24.0 Å². The molecule has 2 rings (SSSR count). The van der Waals surface area contributed by atoms with Crippen molar-refractivity contribution >= 4 is 29.9 Å². The molecule has 3 N–H and O–H groups in total. The summed E-state index contributed by atoms with van der Waals surface area (Å²) in [5, 5.41) is 16.9. The van der Waals surface area contributed by atoms with E-state index in [9.17, 15) is 5.11 Å². The first-order valence-electron chi connectivity index (χ1n) is 10.6. The molecule has 0 fully saturated rings. The molecule has 0 radical (unpaired) electrons. The van der Waals surface area contributed by atoms with Gasteiger partial charge in [0.1, 0.15) is 11.5 Å². The molecule has 2 aromatic carbocycles. The van der Waals surface area contributed by atoms with Crippen molar-refractivity contribution in [3.05, 3.63) is 59.2 Å². The number of guanidine groups is 1. The van der Waals surface area contributed by atoms with E-state index in [4.69, 9.17) is 14.2 Å². The first-order chi connectivity index (χ1) is 15.1. The van der Waals surface area contributed by atoms with Crippen LogP contribution >= 0.6 is 24.0 Å². The van der Waals surface area contributed by atoms with Crippen LogP contribution in [0.2, 0.25) is 0 Å². The molecule has 8 heteroatoms. The average molecular weight is 557 g/mol. The highest BCUT2D eigenvalue weighted by Gasteiger charge is 2.10. The molecule has 0 aromatic heterocycles. The van der Waals surface area contributed by atoms with Crippen LogP contribution in [0.15, 0.2) is 47.5 Å². The number of nitrogens with zero attached hydrogens (tertiary/aromatic N) is 1. The standard InChI is InChI=1S/C24H35N3O4.HI/c1-5-25-24(27-17-22(28)19-9-11-21(30-4)12-10-19)26-16-20-8-7-18(2)15-23(20)31-14-6-13-29-3;/h7-12,15,22,28H,5-6,13-14,16-17H2,1-4H3,(H2,25,26,27);1H. The zero-order chi connectivity index (χ0) is 22.5. The number of nitrogens with one attached hydrogen (secondary N) is 2. The molecule has 0 amide bonds. The molecular weight excluding hydrogens is 521 g/mol. The molecule has 178 valence electrons. The molecule has 0 aliphatic rings. The predicted molar refractivity (Wildman–Crippen MR) is 139 cm³/mol. The van der Waals surface area contributed by atoms with E-state index in [2.05, 4.69) is 21.7 Å². The number of aryl methyl sites for hydroxylation is 1. The first kappa shape index (κ1) is 28.0. The van der Waals surface area contributed by atoms with Gasteiger partial charge in [-0.2, -0.15) is 0 Å². The third-order valence-corrected chi connectivity index (χ3v) is 4.69. The van der Waals surface area contributed by atoms with Gasteiger partial charge in [0, 0.05) is 38.8 Å². The smallest absolute Gasteiger partial charge is 0.191 e. The van der Waals surface area contributed by atoms with Crippen LogP contribution in [0.25, 0.3) is 0 Å². The van der Waals surface area contributed by atoms with Crippen LogP contribution in [0.3, 0.4) is 0 Å². The van der Waals surface area contributed by atoms with E-state index in [0.717, 1.165) is 41.2 Å². The third-order valence-electron chi connectivity index (χ3n) is 4.69. The maximum absolute atomic E-state index is 10.5. The second-order valence-corrected chi connectivity index (χ2v) is 7.17. The van der Waals surface area contributed by atoms with E-state index in [1.807, 2.05) is 50.2 Å². The third kappa shape index (κ3) is 9.62. The van der Waals surface area contributed by atoms with E-state index >= 15 is 0 Å². The van der Waals surface area contributed by atoms with Crippen LogP contribution in [-0.2, 0) is 11.3 Å². The van der Waals surface area contributed by atoms with Gasteiger partial charge in [0.2, 0.25) is 0 Å². The Morgan fingerprint density at radius 3 is 2.47 bits per heavy atom. The van der Waals surface area contributed by atoms with Gasteiger partial charge in [0.15, 0.2) is 5.96 Å². The van der Waals surface area contributed by atoms with Gasteiger partial charge in [-0.3, -0.25) is 0 Å². The number of aliphatic hydroxyl groups is 1. The summed E-state index contributed by atoms with van der Waals surface area (Å²) in [6.07, 6.45) is 0.175. The van der Waals surface area contributed by atoms with E-state index < -0.39 is 6.10 Å². The average Bonchev–Trinajstić information content (AvgIpc) is 2.79. The topological polar surface area (TPSA) is 84.3 Å². The van der Waals surface area contributed by atoms with Crippen molar-refractivity contribution < 1.29 is 19.3 Å². The van der Waals surface area contributed by atoms with E-state index in [0.29, 0.717) is 32.3 Å². The summed E-state index contributed by atoms with van der Waals surface area (Å²) in [5.74, 6) is 2.24. The number of ether oxygens (including phenoxy) is 3. The maximum Gasteiger partial charge on any atom is 0.191 e. The Morgan fingerprint density at radius 2 is 1.81 bits per heavy atom. The van der Waals surface area contributed by atoms with Crippen LogP contribution in [0.1, 0.15) is 36.1 Å². The Kier molecular flexibility index (Phi) is 13.7. The van der Waals surface area contributed by atoms with Gasteiger partial charge in [-0.25, -0.2) is 4.99 Å². The minimum Gasteiger partial charge on any atom is -0.497 e. The summed E-state index contributed by atoms with van der Waals surface area (Å²) >= 11 is 0. The van der Waals surface area contributed by atoms with Gasteiger partial charge in [0.05, 0.1) is 26.4 Å². The Labute approximate surface area is 208 Å². The molecule has 1 unspecified atom stereocenters. The number of halogens is 1. The quantitative estimate of drug-likeness (QED) is 0.159. The second kappa shape index (κ2) is 15.7. The van der Waals surface area contributed by atoms with Gasteiger partial charge < -0.3 is 30.0 Å². The lowest BCUT2D eigenvalue weighted by atomic mass is 10.1. The number of aliphatic imine (C=N–C) groups is 1. The maximum atomic E-state index is 10.5. The van der Waals surface area contributed by atoms with Crippen LogP contribution in [0.5, 0.6) is 11.5 Å². The highest BCUT2D eigenvalue weighted by Crippen LogP contribution is 2.22. The SMILES string of the molecule is CCNC(=NCc1ccc(C)cc1OCCCOC)NCC(O)c1ccc(OC)cc1.I. The van der Waals surface area contributed by atoms with Crippen LogP contribution in [-0.4, -0.2) is 51.6 Å². The zero-order valence-corrected chi connectivity index (χ0v) is 21.7. The summed E-state index contributed by atoms with van der Waals surface area (Å²) < 4.78 is 16.2. The minimum absolute atomic E-state index is 0. The highest BCUT2D eigenvalue weighted by molar-refractivity contribution is 14.0. The van der Waals surface area contributed by atoms with Crippen LogP contribution in [0, 0.1) is 6.92 Å². The minimum atomic E-state index is -0.659. The Balaban J connectivity index is 0.00000512. The summed E-state index contributed by atoms with van der Waals surface area (Å²) in [4.78, 5) is 4.67. The van der Waals surface area contributed by atoms with Crippen molar-refractivity contribution in [1.82, 2.24) is 10.6 Å². The Morgan fingerprint density at radius 1 is 1.06 bits per heavy atom. The molecule has 0 saturated heterocycles. The van der Waals surface area contributed by atoms with Crippen molar-refractivity contribution in [3.63, 3.8) is 0 Å². The van der Waals surface area contributed by atoms with Gasteiger partial charge in [-0.15, -0.1) is 24.0 Å². The molecule has 0 heterocycles. The van der Waals surface area contributed by atoms with Crippen LogP contribution < -0.4 is 20.1 Å². The fourth-order valence-corrected chi connectivity index (χ4v) is 2.96. The fraction of sp³-hybridized carbons (Fsp3) is 0.458. The lowest BCUT2D eigenvalue weighted by molar-refractivity contribution is 0.172.